The van der Waals surface area contributed by atoms with Gasteiger partial charge in [-0.2, -0.15) is 0 Å². The van der Waals surface area contributed by atoms with Gasteiger partial charge in [0.15, 0.2) is 0 Å². The van der Waals surface area contributed by atoms with Gasteiger partial charge in [-0.15, -0.1) is 0 Å². The van der Waals surface area contributed by atoms with Crippen LogP contribution >= 0.6 is 11.6 Å². The monoisotopic (exact) mass is 472 g/mol. The van der Waals surface area contributed by atoms with Gasteiger partial charge in [-0.05, 0) is 48.4 Å². The number of hydrogen-bond acceptors (Lipinski definition) is 5. The molecule has 1 heterocycles. The summed E-state index contributed by atoms with van der Waals surface area (Å²) in [4.78, 5) is 28.1. The van der Waals surface area contributed by atoms with Crippen molar-refractivity contribution in [1.82, 2.24) is 14.9 Å². The molecule has 1 aliphatic rings. The first-order chi connectivity index (χ1) is 14.2. The number of hydrogen-bond donors (Lipinski definition) is 3. The van der Waals surface area contributed by atoms with E-state index in [0.29, 0.717) is 31.0 Å². The zero-order chi connectivity index (χ0) is 23.6. The number of carbonyl (C=O) groups excluding carboxylic acids is 2. The number of amides is 2. The fraction of sp³-hybridized carbons (Fsp3) is 0.619. The highest BCUT2D eigenvalue weighted by molar-refractivity contribution is 7.88. The standard InChI is InChI=1S/C21H33ClN4O4S/c1-20(2,3)17(25-31(5,29)30)18(27)26-10-6-9-21(26,4)19(28)24-13-15-11-16(22)8-7-14(15)12-23/h7-8,11,17,25H,6,9-10,12-13,23H2,1-5H3,(H,24,28)/t17-,21-/m0/s1. The Morgan fingerprint density at radius 2 is 1.94 bits per heavy atom. The number of nitrogens with zero attached hydrogens (tertiary/aromatic N) is 1. The normalized spacial score (nSPS) is 20.5. The molecular formula is C21H33ClN4O4S. The summed E-state index contributed by atoms with van der Waals surface area (Å²) in [5.74, 6) is -0.702. The van der Waals surface area contributed by atoms with Crippen LogP contribution in [0.3, 0.4) is 0 Å². The van der Waals surface area contributed by atoms with E-state index in [2.05, 4.69) is 10.0 Å². The Balaban J connectivity index is 2.24. The molecule has 0 aromatic heterocycles. The first-order valence-corrected chi connectivity index (χ1v) is 12.5. The van der Waals surface area contributed by atoms with Crippen LogP contribution in [0.5, 0.6) is 0 Å². The quantitative estimate of drug-likeness (QED) is 0.558. The Bertz CT molecular complexity index is 945. The molecule has 0 radical (unpaired) electrons. The SMILES string of the molecule is CC(C)(C)[C@@H](NS(C)(=O)=O)C(=O)N1CCC[C@@]1(C)C(=O)NCc1cc(Cl)ccc1CN. The first-order valence-electron chi connectivity index (χ1n) is 10.2. The predicted octanol–water partition coefficient (Wildman–Crippen LogP) is 1.76. The molecule has 2 rings (SSSR count). The van der Waals surface area contributed by atoms with Crippen molar-refractivity contribution in [1.29, 1.82) is 0 Å². The molecule has 2 amide bonds. The number of carbonyl (C=O) groups is 2. The van der Waals surface area contributed by atoms with Crippen LogP contribution < -0.4 is 15.8 Å². The smallest absolute Gasteiger partial charge is 0.245 e. The lowest BCUT2D eigenvalue weighted by molar-refractivity contribution is -0.147. The molecule has 2 atom stereocenters. The van der Waals surface area contributed by atoms with E-state index in [-0.39, 0.29) is 12.5 Å². The van der Waals surface area contributed by atoms with E-state index in [1.807, 2.05) is 6.07 Å². The maximum atomic E-state index is 13.4. The second kappa shape index (κ2) is 9.44. The lowest BCUT2D eigenvalue weighted by Gasteiger charge is -2.39. The summed E-state index contributed by atoms with van der Waals surface area (Å²) in [5, 5.41) is 3.45. The van der Waals surface area contributed by atoms with Crippen LogP contribution in [0.25, 0.3) is 0 Å². The minimum atomic E-state index is -3.62. The summed E-state index contributed by atoms with van der Waals surface area (Å²) < 4.78 is 26.2. The number of rotatable bonds is 7. The molecule has 1 aromatic carbocycles. The van der Waals surface area contributed by atoms with Gasteiger partial charge in [0.2, 0.25) is 21.8 Å². The molecule has 1 aliphatic heterocycles. The Morgan fingerprint density at radius 3 is 2.48 bits per heavy atom. The van der Waals surface area contributed by atoms with Crippen molar-refractivity contribution in [3.63, 3.8) is 0 Å². The predicted molar refractivity (Wildman–Crippen MR) is 122 cm³/mol. The van der Waals surface area contributed by atoms with Crippen LogP contribution in [-0.2, 0) is 32.7 Å². The van der Waals surface area contributed by atoms with Crippen LogP contribution in [0.4, 0.5) is 0 Å². The third kappa shape index (κ3) is 6.19. The fourth-order valence-corrected chi connectivity index (χ4v) is 4.92. The van der Waals surface area contributed by atoms with E-state index >= 15 is 0 Å². The van der Waals surface area contributed by atoms with Crippen molar-refractivity contribution in [2.24, 2.45) is 11.1 Å². The van der Waals surface area contributed by atoms with Crippen molar-refractivity contribution in [2.75, 3.05) is 12.8 Å². The molecule has 0 aliphatic carbocycles. The Morgan fingerprint density at radius 1 is 1.29 bits per heavy atom. The number of halogens is 1. The maximum absolute atomic E-state index is 13.4. The average Bonchev–Trinajstić information content (AvgIpc) is 3.05. The first kappa shape index (κ1) is 25.6. The van der Waals surface area contributed by atoms with Crippen LogP contribution in [-0.4, -0.2) is 49.5 Å². The van der Waals surface area contributed by atoms with Crippen LogP contribution in [0.2, 0.25) is 5.02 Å². The summed E-state index contributed by atoms with van der Waals surface area (Å²) in [6, 6.07) is 4.34. The molecule has 1 aromatic rings. The summed E-state index contributed by atoms with van der Waals surface area (Å²) in [6.07, 6.45) is 2.16. The topological polar surface area (TPSA) is 122 Å². The van der Waals surface area contributed by atoms with Gasteiger partial charge in [0, 0.05) is 24.7 Å². The van der Waals surface area contributed by atoms with Gasteiger partial charge in [-0.1, -0.05) is 38.4 Å². The maximum Gasteiger partial charge on any atom is 0.245 e. The summed E-state index contributed by atoms with van der Waals surface area (Å²) in [5.41, 5.74) is 5.71. The van der Waals surface area contributed by atoms with Crippen molar-refractivity contribution < 1.29 is 18.0 Å². The summed E-state index contributed by atoms with van der Waals surface area (Å²) in [7, 11) is -3.62. The van der Waals surface area contributed by atoms with Gasteiger partial charge in [0.1, 0.15) is 11.6 Å². The van der Waals surface area contributed by atoms with Gasteiger partial charge in [-0.25, -0.2) is 13.1 Å². The van der Waals surface area contributed by atoms with Gasteiger partial charge in [-0.3, -0.25) is 9.59 Å². The molecule has 10 heteroatoms. The average molecular weight is 473 g/mol. The van der Waals surface area contributed by atoms with Crippen molar-refractivity contribution in [2.45, 2.75) is 65.2 Å². The molecule has 31 heavy (non-hydrogen) atoms. The van der Waals surface area contributed by atoms with Crippen molar-refractivity contribution in [3.8, 4) is 0 Å². The zero-order valence-electron chi connectivity index (χ0n) is 18.8. The van der Waals surface area contributed by atoms with Crippen LogP contribution in [0, 0.1) is 5.41 Å². The second-order valence-corrected chi connectivity index (χ2v) is 11.6. The number of likely N-dealkylation sites (tertiary alicyclic amines) is 1. The molecule has 4 N–H and O–H groups in total. The minimum Gasteiger partial charge on any atom is -0.350 e. The minimum absolute atomic E-state index is 0.230. The summed E-state index contributed by atoms with van der Waals surface area (Å²) in [6.45, 7) is 8.00. The number of sulfonamides is 1. The van der Waals surface area contributed by atoms with Crippen molar-refractivity contribution in [3.05, 3.63) is 34.3 Å². The summed E-state index contributed by atoms with van der Waals surface area (Å²) >= 11 is 6.08. The third-order valence-electron chi connectivity index (χ3n) is 5.67. The Kier molecular flexibility index (Phi) is 7.79. The third-order valence-corrected chi connectivity index (χ3v) is 6.57. The highest BCUT2D eigenvalue weighted by Crippen LogP contribution is 2.33. The van der Waals surface area contributed by atoms with Gasteiger partial charge in [0.05, 0.1) is 6.26 Å². The molecular weight excluding hydrogens is 440 g/mol. The van der Waals surface area contributed by atoms with Crippen LogP contribution in [0.1, 0.15) is 51.7 Å². The number of benzene rings is 1. The fourth-order valence-electron chi connectivity index (χ4n) is 3.84. The molecule has 0 spiro atoms. The van der Waals surface area contributed by atoms with E-state index in [9.17, 15) is 18.0 Å². The number of nitrogens with one attached hydrogen (secondary N) is 2. The molecule has 0 bridgehead atoms. The second-order valence-electron chi connectivity index (χ2n) is 9.36. The lowest BCUT2D eigenvalue weighted by atomic mass is 9.85. The highest BCUT2D eigenvalue weighted by atomic mass is 35.5. The van der Waals surface area contributed by atoms with E-state index in [4.69, 9.17) is 17.3 Å². The van der Waals surface area contributed by atoms with Gasteiger partial charge in [0.25, 0.3) is 0 Å². The van der Waals surface area contributed by atoms with E-state index in [0.717, 1.165) is 17.4 Å². The van der Waals surface area contributed by atoms with Crippen molar-refractivity contribution >= 4 is 33.4 Å². The van der Waals surface area contributed by atoms with Gasteiger partial charge >= 0.3 is 0 Å². The van der Waals surface area contributed by atoms with E-state index in [1.165, 1.54) is 4.90 Å². The molecule has 174 valence electrons. The van der Waals surface area contributed by atoms with E-state index in [1.54, 1.807) is 39.8 Å². The molecule has 8 nitrogen and oxygen atoms in total. The molecule has 1 fully saturated rings. The van der Waals surface area contributed by atoms with Gasteiger partial charge < -0.3 is 16.0 Å². The van der Waals surface area contributed by atoms with Crippen LogP contribution in [0.15, 0.2) is 18.2 Å². The van der Waals surface area contributed by atoms with E-state index < -0.39 is 32.9 Å². The molecule has 1 saturated heterocycles. The lowest BCUT2D eigenvalue weighted by Crippen LogP contribution is -2.62. The zero-order valence-corrected chi connectivity index (χ0v) is 20.4. The molecule has 0 unspecified atom stereocenters. The largest absolute Gasteiger partial charge is 0.350 e. The Hall–Kier alpha value is -1.68. The molecule has 0 saturated carbocycles. The number of nitrogens with two attached hydrogens (primary N) is 1. The Labute approximate surface area is 189 Å². The highest BCUT2D eigenvalue weighted by Gasteiger charge is 2.49.